The number of amides is 1. The molecule has 2 rings (SSSR count). The highest BCUT2D eigenvalue weighted by Gasteiger charge is 2.24. The van der Waals surface area contributed by atoms with E-state index in [1.54, 1.807) is 18.2 Å². The zero-order chi connectivity index (χ0) is 19.1. The SMILES string of the molecule is COC(=O)/C=C1/S/C(=N\N=Cc2ccc(OC(C)C)c(CO)c2)NC1=O. The Morgan fingerprint density at radius 2 is 2.19 bits per heavy atom. The van der Waals surface area contributed by atoms with E-state index in [1.165, 1.54) is 13.3 Å². The van der Waals surface area contributed by atoms with Crippen LogP contribution in [0.3, 0.4) is 0 Å². The molecular formula is C17H19N3O5S. The van der Waals surface area contributed by atoms with Crippen LogP contribution >= 0.6 is 11.8 Å². The monoisotopic (exact) mass is 377 g/mol. The topological polar surface area (TPSA) is 110 Å². The lowest BCUT2D eigenvalue weighted by Gasteiger charge is -2.13. The summed E-state index contributed by atoms with van der Waals surface area (Å²) < 4.78 is 10.1. The minimum Gasteiger partial charge on any atom is -0.491 e. The third-order valence-electron chi connectivity index (χ3n) is 3.07. The van der Waals surface area contributed by atoms with Gasteiger partial charge in [-0.25, -0.2) is 4.79 Å². The van der Waals surface area contributed by atoms with Gasteiger partial charge in [0, 0.05) is 11.6 Å². The maximum atomic E-state index is 11.7. The number of hydrogen-bond donors (Lipinski definition) is 2. The van der Waals surface area contributed by atoms with Gasteiger partial charge in [0.2, 0.25) is 0 Å². The van der Waals surface area contributed by atoms with Crippen molar-refractivity contribution < 1.29 is 24.2 Å². The van der Waals surface area contributed by atoms with Crippen molar-refractivity contribution in [3.63, 3.8) is 0 Å². The molecule has 1 aromatic rings. The molecule has 26 heavy (non-hydrogen) atoms. The van der Waals surface area contributed by atoms with E-state index in [-0.39, 0.29) is 22.8 Å². The highest BCUT2D eigenvalue weighted by molar-refractivity contribution is 8.18. The minimum absolute atomic E-state index is 0.00135. The summed E-state index contributed by atoms with van der Waals surface area (Å²) in [6.07, 6.45) is 2.58. The molecule has 0 unspecified atom stereocenters. The summed E-state index contributed by atoms with van der Waals surface area (Å²) in [5.41, 5.74) is 1.36. The number of benzene rings is 1. The second kappa shape index (κ2) is 9.16. The van der Waals surface area contributed by atoms with Crippen LogP contribution in [0, 0.1) is 0 Å². The van der Waals surface area contributed by atoms with Gasteiger partial charge >= 0.3 is 5.97 Å². The van der Waals surface area contributed by atoms with Crippen LogP contribution in [-0.4, -0.2) is 41.6 Å². The van der Waals surface area contributed by atoms with Crippen LogP contribution in [0.5, 0.6) is 5.75 Å². The second-order valence-corrected chi connectivity index (χ2v) is 6.46. The van der Waals surface area contributed by atoms with Crippen molar-refractivity contribution in [3.8, 4) is 5.75 Å². The Kier molecular flexibility index (Phi) is 6.93. The Morgan fingerprint density at radius 3 is 2.85 bits per heavy atom. The fraction of sp³-hybridized carbons (Fsp3) is 0.294. The minimum atomic E-state index is -0.618. The maximum absolute atomic E-state index is 11.7. The fourth-order valence-electron chi connectivity index (χ4n) is 1.96. The summed E-state index contributed by atoms with van der Waals surface area (Å²) in [7, 11) is 1.23. The van der Waals surface area contributed by atoms with Crippen molar-refractivity contribution >= 4 is 35.0 Å². The predicted octanol–water partition coefficient (Wildman–Crippen LogP) is 1.58. The first-order chi connectivity index (χ1) is 12.4. The van der Waals surface area contributed by atoms with Gasteiger partial charge in [-0.2, -0.15) is 5.10 Å². The Hall–Kier alpha value is -2.65. The number of carbonyl (C=O) groups excluding carboxylic acids is 2. The number of nitrogens with zero attached hydrogens (tertiary/aromatic N) is 2. The molecule has 0 saturated carbocycles. The second-order valence-electron chi connectivity index (χ2n) is 5.43. The first-order valence-electron chi connectivity index (χ1n) is 7.73. The molecule has 9 heteroatoms. The van der Waals surface area contributed by atoms with Gasteiger partial charge in [-0.3, -0.25) is 10.1 Å². The lowest BCUT2D eigenvalue weighted by molar-refractivity contribution is -0.135. The van der Waals surface area contributed by atoms with Crippen LogP contribution in [0.25, 0.3) is 0 Å². The highest BCUT2D eigenvalue weighted by atomic mass is 32.2. The van der Waals surface area contributed by atoms with Gasteiger partial charge in [0.1, 0.15) is 5.75 Å². The van der Waals surface area contributed by atoms with Crippen molar-refractivity contribution in [1.29, 1.82) is 0 Å². The Bertz CT molecular complexity index is 787. The molecule has 8 nitrogen and oxygen atoms in total. The van der Waals surface area contributed by atoms with Gasteiger partial charge in [0.25, 0.3) is 5.91 Å². The molecule has 0 radical (unpaired) electrons. The lowest BCUT2D eigenvalue weighted by atomic mass is 10.1. The van der Waals surface area contributed by atoms with Gasteiger partial charge in [-0.1, -0.05) is 0 Å². The molecule has 0 bridgehead atoms. The summed E-state index contributed by atoms with van der Waals surface area (Å²) in [5.74, 6) is -0.443. The van der Waals surface area contributed by atoms with Gasteiger partial charge in [-0.05, 0) is 49.4 Å². The lowest BCUT2D eigenvalue weighted by Crippen LogP contribution is -2.19. The summed E-state index contributed by atoms with van der Waals surface area (Å²) in [5, 5.41) is 20.0. The number of ether oxygens (including phenoxy) is 2. The number of carbonyl (C=O) groups is 2. The smallest absolute Gasteiger partial charge is 0.331 e. The molecule has 0 aromatic heterocycles. The number of thioether (sulfide) groups is 1. The third-order valence-corrected chi connectivity index (χ3v) is 3.97. The van der Waals surface area contributed by atoms with Crippen LogP contribution in [0.1, 0.15) is 25.0 Å². The number of nitrogens with one attached hydrogen (secondary N) is 1. The average Bonchev–Trinajstić information content (AvgIpc) is 2.95. The van der Waals surface area contributed by atoms with E-state index in [9.17, 15) is 14.7 Å². The molecule has 0 atom stereocenters. The largest absolute Gasteiger partial charge is 0.491 e. The van der Waals surface area contributed by atoms with Crippen LogP contribution in [0.2, 0.25) is 0 Å². The molecule has 138 valence electrons. The van der Waals surface area contributed by atoms with E-state index in [0.29, 0.717) is 16.9 Å². The predicted molar refractivity (Wildman–Crippen MR) is 99.0 cm³/mol. The molecule has 1 heterocycles. The maximum Gasteiger partial charge on any atom is 0.331 e. The number of hydrogen-bond acceptors (Lipinski definition) is 8. The summed E-state index contributed by atoms with van der Waals surface area (Å²) in [6.45, 7) is 3.65. The average molecular weight is 377 g/mol. The normalized spacial score (nSPS) is 17.3. The van der Waals surface area contributed by atoms with Crippen molar-refractivity contribution in [2.24, 2.45) is 10.2 Å². The number of amidine groups is 1. The molecule has 1 aromatic carbocycles. The van der Waals surface area contributed by atoms with Crippen LogP contribution < -0.4 is 10.1 Å². The zero-order valence-electron chi connectivity index (χ0n) is 14.6. The van der Waals surface area contributed by atoms with Crippen molar-refractivity contribution in [1.82, 2.24) is 5.32 Å². The van der Waals surface area contributed by atoms with Crippen molar-refractivity contribution in [3.05, 3.63) is 40.3 Å². The van der Waals surface area contributed by atoms with Crippen molar-refractivity contribution in [2.75, 3.05) is 7.11 Å². The molecule has 0 aliphatic carbocycles. The van der Waals surface area contributed by atoms with Gasteiger partial charge in [0.15, 0.2) is 5.17 Å². The molecule has 1 aliphatic heterocycles. The van der Waals surface area contributed by atoms with Crippen LogP contribution in [0.15, 0.2) is 39.4 Å². The number of aliphatic hydroxyl groups is 1. The van der Waals surface area contributed by atoms with E-state index in [0.717, 1.165) is 17.8 Å². The zero-order valence-corrected chi connectivity index (χ0v) is 15.4. The molecular weight excluding hydrogens is 358 g/mol. The number of aliphatic hydroxyl groups excluding tert-OH is 1. The summed E-state index contributed by atoms with van der Waals surface area (Å²) in [6, 6.07) is 5.28. The van der Waals surface area contributed by atoms with E-state index < -0.39 is 11.9 Å². The van der Waals surface area contributed by atoms with E-state index >= 15 is 0 Å². The Morgan fingerprint density at radius 1 is 1.42 bits per heavy atom. The molecule has 0 spiro atoms. The molecule has 1 saturated heterocycles. The molecule has 2 N–H and O–H groups in total. The highest BCUT2D eigenvalue weighted by Crippen LogP contribution is 2.24. The van der Waals surface area contributed by atoms with Gasteiger partial charge < -0.3 is 14.6 Å². The number of esters is 1. The van der Waals surface area contributed by atoms with E-state index in [4.69, 9.17) is 4.74 Å². The van der Waals surface area contributed by atoms with E-state index in [1.807, 2.05) is 13.8 Å². The van der Waals surface area contributed by atoms with Gasteiger partial charge in [-0.15, -0.1) is 5.10 Å². The van der Waals surface area contributed by atoms with Crippen molar-refractivity contribution in [2.45, 2.75) is 26.6 Å². The number of methoxy groups -OCH3 is 1. The first-order valence-corrected chi connectivity index (χ1v) is 8.55. The van der Waals surface area contributed by atoms with E-state index in [2.05, 4.69) is 20.3 Å². The molecule has 1 amide bonds. The summed E-state index contributed by atoms with van der Waals surface area (Å²) >= 11 is 0.990. The first kappa shape index (κ1) is 19.7. The van der Waals surface area contributed by atoms with Crippen LogP contribution in [0.4, 0.5) is 0 Å². The standard InChI is InChI=1S/C17H19N3O5S/c1-10(2)25-13-5-4-11(6-12(13)9-21)8-18-20-17-19-16(23)14(26-17)7-15(22)24-3/h4-8,10,21H,9H2,1-3H3,(H,19,20,23)/b14-7+,18-8?. The van der Waals surface area contributed by atoms with Crippen LogP contribution in [-0.2, 0) is 20.9 Å². The third kappa shape index (κ3) is 5.43. The summed E-state index contributed by atoms with van der Waals surface area (Å²) in [4.78, 5) is 23.1. The van der Waals surface area contributed by atoms with Gasteiger partial charge in [0.05, 0.1) is 30.9 Å². The Balaban J connectivity index is 2.08. The fourth-order valence-corrected chi connectivity index (χ4v) is 2.70. The molecule has 1 aliphatic rings. The quantitative estimate of drug-likeness (QED) is 0.337. The molecule has 1 fully saturated rings. The number of rotatable bonds is 6. The Labute approximate surface area is 155 Å².